The second-order valence-corrected chi connectivity index (χ2v) is 5.54. The molecule has 0 spiro atoms. The highest BCUT2D eigenvalue weighted by Crippen LogP contribution is 2.15. The summed E-state index contributed by atoms with van der Waals surface area (Å²) >= 11 is 0. The zero-order chi connectivity index (χ0) is 9.99. The molecule has 0 saturated carbocycles. The van der Waals surface area contributed by atoms with Crippen LogP contribution in [0.1, 0.15) is 41.5 Å². The maximum absolute atomic E-state index is 7.71. The zero-order valence-corrected chi connectivity index (χ0v) is 9.21. The summed E-state index contributed by atoms with van der Waals surface area (Å²) in [6.45, 7) is 13.5. The number of rotatable bonds is 1. The van der Waals surface area contributed by atoms with Gasteiger partial charge >= 0.3 is 0 Å². The third-order valence-electron chi connectivity index (χ3n) is 1.55. The number of hydrogen-bond donors (Lipinski definition) is 2. The van der Waals surface area contributed by atoms with Crippen molar-refractivity contribution in [3.63, 3.8) is 0 Å². The molecule has 2 N–H and O–H groups in total. The van der Waals surface area contributed by atoms with E-state index in [0.717, 1.165) is 6.54 Å². The molecule has 0 saturated heterocycles. The molecule has 0 aromatic carbocycles. The van der Waals surface area contributed by atoms with E-state index in [4.69, 9.17) is 5.41 Å². The normalized spacial score (nSPS) is 12.8. The topological polar surface area (TPSA) is 35.9 Å². The van der Waals surface area contributed by atoms with Crippen LogP contribution in [-0.4, -0.2) is 12.4 Å². The van der Waals surface area contributed by atoms with E-state index in [-0.39, 0.29) is 10.8 Å². The van der Waals surface area contributed by atoms with Gasteiger partial charge in [0.2, 0.25) is 0 Å². The molecule has 72 valence electrons. The van der Waals surface area contributed by atoms with Crippen molar-refractivity contribution in [2.75, 3.05) is 6.54 Å². The molecule has 0 amide bonds. The molecule has 2 nitrogen and oxygen atoms in total. The summed E-state index contributed by atoms with van der Waals surface area (Å²) < 4.78 is 0. The van der Waals surface area contributed by atoms with Gasteiger partial charge in [-0.1, -0.05) is 41.5 Å². The van der Waals surface area contributed by atoms with E-state index in [1.807, 2.05) is 20.8 Å². The Kier molecular flexibility index (Phi) is 3.31. The van der Waals surface area contributed by atoms with Gasteiger partial charge < -0.3 is 5.32 Å². The van der Waals surface area contributed by atoms with Gasteiger partial charge in [-0.2, -0.15) is 0 Å². The summed E-state index contributed by atoms with van der Waals surface area (Å²) in [7, 11) is 0. The van der Waals surface area contributed by atoms with E-state index in [2.05, 4.69) is 26.1 Å². The highest BCUT2D eigenvalue weighted by Gasteiger charge is 2.18. The van der Waals surface area contributed by atoms with Crippen LogP contribution in [0.3, 0.4) is 0 Å². The lowest BCUT2D eigenvalue weighted by molar-refractivity contribution is 0.399. The summed E-state index contributed by atoms with van der Waals surface area (Å²) in [6.07, 6.45) is 0. The van der Waals surface area contributed by atoms with Crippen molar-refractivity contribution in [1.82, 2.24) is 5.32 Å². The van der Waals surface area contributed by atoms with Gasteiger partial charge in [-0.15, -0.1) is 0 Å². The third kappa shape index (κ3) is 5.16. The van der Waals surface area contributed by atoms with Crippen molar-refractivity contribution >= 4 is 5.84 Å². The standard InChI is InChI=1S/C10H22N2/c1-9(2,3)7-12-8(11)10(4,5)6/h7H2,1-6H3,(H2,11,12). The van der Waals surface area contributed by atoms with Gasteiger partial charge in [-0.25, -0.2) is 0 Å². The highest BCUT2D eigenvalue weighted by atomic mass is 15.0. The van der Waals surface area contributed by atoms with Gasteiger partial charge in [0.15, 0.2) is 0 Å². The molecule has 0 heterocycles. The Balaban J connectivity index is 3.90. The smallest absolute Gasteiger partial charge is 0.0986 e. The van der Waals surface area contributed by atoms with E-state index in [1.165, 1.54) is 0 Å². The lowest BCUT2D eigenvalue weighted by Gasteiger charge is -2.25. The van der Waals surface area contributed by atoms with Gasteiger partial charge in [0.1, 0.15) is 0 Å². The Morgan fingerprint density at radius 2 is 1.50 bits per heavy atom. The first kappa shape index (κ1) is 11.5. The summed E-state index contributed by atoms with van der Waals surface area (Å²) in [5.74, 6) is 0.623. The molecule has 0 aliphatic heterocycles. The molecular formula is C10H22N2. The molecular weight excluding hydrogens is 148 g/mol. The molecule has 0 aliphatic carbocycles. The first-order valence-electron chi connectivity index (χ1n) is 4.46. The lowest BCUT2D eigenvalue weighted by Crippen LogP contribution is -2.38. The summed E-state index contributed by atoms with van der Waals surface area (Å²) in [4.78, 5) is 0. The minimum absolute atomic E-state index is 0.0503. The Bertz CT molecular complexity index is 158. The minimum Gasteiger partial charge on any atom is -0.373 e. The average Bonchev–Trinajstić information content (AvgIpc) is 1.78. The molecule has 0 fully saturated rings. The monoisotopic (exact) mass is 170 g/mol. The summed E-state index contributed by atoms with van der Waals surface area (Å²) in [5, 5.41) is 10.9. The van der Waals surface area contributed by atoms with Crippen LogP contribution in [-0.2, 0) is 0 Å². The largest absolute Gasteiger partial charge is 0.373 e. The second kappa shape index (κ2) is 3.46. The van der Waals surface area contributed by atoms with E-state index in [1.54, 1.807) is 0 Å². The Morgan fingerprint density at radius 1 is 1.08 bits per heavy atom. The van der Waals surface area contributed by atoms with Gasteiger partial charge in [0, 0.05) is 12.0 Å². The molecule has 0 aromatic heterocycles. The van der Waals surface area contributed by atoms with Gasteiger partial charge in [0.05, 0.1) is 5.84 Å². The quantitative estimate of drug-likeness (QED) is 0.460. The van der Waals surface area contributed by atoms with Gasteiger partial charge in [-0.3, -0.25) is 5.41 Å². The maximum atomic E-state index is 7.71. The molecule has 0 radical (unpaired) electrons. The van der Waals surface area contributed by atoms with E-state index in [0.29, 0.717) is 5.84 Å². The molecule has 0 bridgehead atoms. The number of amidine groups is 1. The van der Waals surface area contributed by atoms with Crippen LogP contribution in [0.5, 0.6) is 0 Å². The third-order valence-corrected chi connectivity index (χ3v) is 1.55. The number of nitrogens with one attached hydrogen (secondary N) is 2. The summed E-state index contributed by atoms with van der Waals surface area (Å²) in [5.41, 5.74) is 0.197. The number of hydrogen-bond acceptors (Lipinski definition) is 1. The van der Waals surface area contributed by atoms with Gasteiger partial charge in [-0.05, 0) is 5.41 Å². The molecule has 0 aliphatic rings. The van der Waals surface area contributed by atoms with Crippen molar-refractivity contribution in [2.45, 2.75) is 41.5 Å². The SMILES string of the molecule is CC(C)(C)CNC(=N)C(C)(C)C. The van der Waals surface area contributed by atoms with Crippen LogP contribution in [0, 0.1) is 16.2 Å². The van der Waals surface area contributed by atoms with Crippen LogP contribution in [0.25, 0.3) is 0 Å². The average molecular weight is 170 g/mol. The fraction of sp³-hybridized carbons (Fsp3) is 0.900. The van der Waals surface area contributed by atoms with E-state index < -0.39 is 0 Å². The van der Waals surface area contributed by atoms with Crippen LogP contribution in [0.4, 0.5) is 0 Å². The van der Waals surface area contributed by atoms with E-state index in [9.17, 15) is 0 Å². The Labute approximate surface area is 76.3 Å². The van der Waals surface area contributed by atoms with E-state index >= 15 is 0 Å². The van der Waals surface area contributed by atoms with Gasteiger partial charge in [0.25, 0.3) is 0 Å². The minimum atomic E-state index is -0.0503. The highest BCUT2D eigenvalue weighted by molar-refractivity contribution is 5.84. The fourth-order valence-electron chi connectivity index (χ4n) is 0.619. The van der Waals surface area contributed by atoms with Crippen LogP contribution < -0.4 is 5.32 Å². The summed E-state index contributed by atoms with van der Waals surface area (Å²) in [6, 6.07) is 0. The molecule has 2 heteroatoms. The van der Waals surface area contributed by atoms with Crippen molar-refractivity contribution < 1.29 is 0 Å². The Hall–Kier alpha value is -0.530. The van der Waals surface area contributed by atoms with Crippen molar-refractivity contribution in [1.29, 1.82) is 5.41 Å². The molecule has 0 aromatic rings. The predicted octanol–water partition coefficient (Wildman–Crippen LogP) is 2.65. The fourth-order valence-corrected chi connectivity index (χ4v) is 0.619. The van der Waals surface area contributed by atoms with Crippen molar-refractivity contribution in [3.05, 3.63) is 0 Å². The maximum Gasteiger partial charge on any atom is 0.0986 e. The van der Waals surface area contributed by atoms with Crippen molar-refractivity contribution in [3.8, 4) is 0 Å². The molecule has 0 rings (SSSR count). The second-order valence-electron chi connectivity index (χ2n) is 5.54. The van der Waals surface area contributed by atoms with Crippen LogP contribution in [0.2, 0.25) is 0 Å². The zero-order valence-electron chi connectivity index (χ0n) is 9.21. The molecule has 0 atom stereocenters. The van der Waals surface area contributed by atoms with Crippen LogP contribution >= 0.6 is 0 Å². The van der Waals surface area contributed by atoms with Crippen molar-refractivity contribution in [2.24, 2.45) is 10.8 Å². The van der Waals surface area contributed by atoms with Crippen LogP contribution in [0.15, 0.2) is 0 Å². The molecule has 12 heavy (non-hydrogen) atoms. The lowest BCUT2D eigenvalue weighted by atomic mass is 9.92. The first-order valence-corrected chi connectivity index (χ1v) is 4.46. The molecule has 0 unspecified atom stereocenters. The Morgan fingerprint density at radius 3 is 1.75 bits per heavy atom. The predicted molar refractivity (Wildman–Crippen MR) is 54.6 cm³/mol. The first-order chi connectivity index (χ1) is 5.13.